The van der Waals surface area contributed by atoms with Crippen LogP contribution in [0, 0.1) is 5.92 Å². The lowest BCUT2D eigenvalue weighted by Crippen LogP contribution is -2.52. The van der Waals surface area contributed by atoms with Crippen molar-refractivity contribution in [3.05, 3.63) is 65.9 Å². The summed E-state index contributed by atoms with van der Waals surface area (Å²) in [5, 5.41) is 4.74. The van der Waals surface area contributed by atoms with Gasteiger partial charge in [0.1, 0.15) is 0 Å². The van der Waals surface area contributed by atoms with Gasteiger partial charge in [-0.1, -0.05) is 30.3 Å². The number of hydrogen-bond acceptors (Lipinski definition) is 4. The van der Waals surface area contributed by atoms with Crippen molar-refractivity contribution >= 4 is 22.5 Å². The molecule has 2 saturated heterocycles. The molecule has 0 bridgehead atoms. The average molecular weight is 500 g/mol. The molecule has 3 atom stereocenters. The van der Waals surface area contributed by atoms with Crippen LogP contribution in [-0.4, -0.2) is 79.2 Å². The molecule has 1 amide bonds. The molecule has 3 heterocycles. The first-order valence-corrected chi connectivity index (χ1v) is 14.1. The lowest BCUT2D eigenvalue weighted by atomic mass is 9.72. The predicted molar refractivity (Wildman–Crippen MR) is 151 cm³/mol. The predicted octanol–water partition coefficient (Wildman–Crippen LogP) is 4.12. The third-order valence-electron chi connectivity index (χ3n) is 9.02. The van der Waals surface area contributed by atoms with E-state index in [9.17, 15) is 4.79 Å². The SMILES string of the molecule is CC(C)n1cc2c3c(cccc31)C1CC(C(=O)NCCN3CCN(c4ccccc4)CC3)CN(C)C1C2. The highest BCUT2D eigenvalue weighted by Crippen LogP contribution is 2.45. The van der Waals surface area contributed by atoms with Crippen LogP contribution in [0.2, 0.25) is 0 Å². The number of likely N-dealkylation sites (tertiary alicyclic amines) is 1. The van der Waals surface area contributed by atoms with Gasteiger partial charge in [-0.3, -0.25) is 9.69 Å². The Balaban J connectivity index is 1.06. The van der Waals surface area contributed by atoms with Crippen molar-refractivity contribution in [2.75, 3.05) is 57.8 Å². The van der Waals surface area contributed by atoms with Crippen LogP contribution in [-0.2, 0) is 11.2 Å². The van der Waals surface area contributed by atoms with Gasteiger partial charge < -0.3 is 19.7 Å². The number of anilines is 1. The molecule has 37 heavy (non-hydrogen) atoms. The normalized spacial score (nSPS) is 24.4. The summed E-state index contributed by atoms with van der Waals surface area (Å²) < 4.78 is 2.43. The number of nitrogens with one attached hydrogen (secondary N) is 1. The summed E-state index contributed by atoms with van der Waals surface area (Å²) in [5.41, 5.74) is 5.58. The Hall–Kier alpha value is -2.83. The van der Waals surface area contributed by atoms with Crippen molar-refractivity contribution in [2.24, 2.45) is 5.92 Å². The first kappa shape index (κ1) is 24.5. The molecule has 2 aromatic carbocycles. The van der Waals surface area contributed by atoms with Gasteiger partial charge in [0, 0.05) is 86.6 Å². The number of piperazine rings is 1. The van der Waals surface area contributed by atoms with E-state index in [0.29, 0.717) is 18.0 Å². The molecule has 196 valence electrons. The quantitative estimate of drug-likeness (QED) is 0.554. The van der Waals surface area contributed by atoms with E-state index in [1.165, 1.54) is 27.7 Å². The maximum Gasteiger partial charge on any atom is 0.224 e. The number of nitrogens with zero attached hydrogens (tertiary/aromatic N) is 4. The first-order chi connectivity index (χ1) is 18.0. The second kappa shape index (κ2) is 10.1. The molecule has 1 aromatic heterocycles. The summed E-state index contributed by atoms with van der Waals surface area (Å²) in [6.07, 6.45) is 4.40. The summed E-state index contributed by atoms with van der Waals surface area (Å²) in [4.78, 5) is 20.7. The minimum atomic E-state index is 0.0465. The van der Waals surface area contributed by atoms with E-state index in [0.717, 1.165) is 58.7 Å². The zero-order valence-corrected chi connectivity index (χ0v) is 22.6. The fourth-order valence-corrected chi connectivity index (χ4v) is 7.04. The molecule has 2 fully saturated rings. The lowest BCUT2D eigenvalue weighted by molar-refractivity contribution is -0.127. The number of fused-ring (bicyclic) bond motifs is 2. The van der Waals surface area contributed by atoms with Crippen molar-refractivity contribution in [1.82, 2.24) is 19.7 Å². The summed E-state index contributed by atoms with van der Waals surface area (Å²) in [7, 11) is 2.22. The number of hydrogen-bond donors (Lipinski definition) is 1. The van der Waals surface area contributed by atoms with Crippen LogP contribution in [0.25, 0.3) is 10.9 Å². The van der Waals surface area contributed by atoms with Crippen molar-refractivity contribution < 1.29 is 4.79 Å². The van der Waals surface area contributed by atoms with Crippen LogP contribution in [0.3, 0.4) is 0 Å². The highest BCUT2D eigenvalue weighted by Gasteiger charge is 2.41. The first-order valence-electron chi connectivity index (χ1n) is 14.1. The molecule has 1 N–H and O–H groups in total. The van der Waals surface area contributed by atoms with E-state index >= 15 is 0 Å². The standard InChI is InChI=1S/C31H41N5O/c1-22(2)36-21-23-19-29-27(26-10-7-11-28(36)30(23)26)18-24(20-33(29)3)31(37)32-12-13-34-14-16-35(17-15-34)25-8-5-4-6-9-25/h4-11,21-22,24,27,29H,12-20H2,1-3H3,(H,32,37). The highest BCUT2D eigenvalue weighted by molar-refractivity contribution is 5.89. The third kappa shape index (κ3) is 4.66. The molecule has 3 aliphatic rings. The van der Waals surface area contributed by atoms with Crippen molar-refractivity contribution in [1.29, 1.82) is 0 Å². The highest BCUT2D eigenvalue weighted by atomic mass is 16.1. The Morgan fingerprint density at radius 1 is 1.03 bits per heavy atom. The van der Waals surface area contributed by atoms with Gasteiger partial charge >= 0.3 is 0 Å². The summed E-state index contributed by atoms with van der Waals surface area (Å²) >= 11 is 0. The van der Waals surface area contributed by atoms with Gasteiger partial charge in [0.25, 0.3) is 0 Å². The van der Waals surface area contributed by atoms with Gasteiger partial charge in [-0.05, 0) is 63.1 Å². The van der Waals surface area contributed by atoms with Crippen LogP contribution in [0.15, 0.2) is 54.7 Å². The minimum absolute atomic E-state index is 0.0465. The van der Waals surface area contributed by atoms with Gasteiger partial charge in [-0.15, -0.1) is 0 Å². The Labute approximate surface area is 221 Å². The summed E-state index contributed by atoms with van der Waals surface area (Å²) in [6.45, 7) is 11.2. The maximum atomic E-state index is 13.3. The second-order valence-corrected chi connectivity index (χ2v) is 11.6. The topological polar surface area (TPSA) is 43.8 Å². The third-order valence-corrected chi connectivity index (χ3v) is 9.02. The number of likely N-dealkylation sites (N-methyl/N-ethyl adjacent to an activating group) is 1. The molecule has 0 saturated carbocycles. The Kier molecular flexibility index (Phi) is 6.72. The molecule has 2 aliphatic heterocycles. The zero-order valence-electron chi connectivity index (χ0n) is 22.6. The summed E-state index contributed by atoms with van der Waals surface area (Å²) in [5.74, 6) is 0.691. The molecular weight excluding hydrogens is 458 g/mol. The number of aromatic nitrogens is 1. The number of para-hydroxylation sites is 1. The molecule has 6 heteroatoms. The van der Waals surface area contributed by atoms with E-state index in [-0.39, 0.29) is 11.8 Å². The van der Waals surface area contributed by atoms with E-state index in [2.05, 4.69) is 100 Å². The van der Waals surface area contributed by atoms with E-state index in [1.54, 1.807) is 0 Å². The van der Waals surface area contributed by atoms with Gasteiger partial charge in [-0.2, -0.15) is 0 Å². The van der Waals surface area contributed by atoms with Crippen LogP contribution in [0.1, 0.15) is 43.4 Å². The molecule has 3 unspecified atom stereocenters. The molecule has 1 aliphatic carbocycles. The summed E-state index contributed by atoms with van der Waals surface area (Å²) in [6, 6.07) is 18.4. The maximum absolute atomic E-state index is 13.3. The van der Waals surface area contributed by atoms with Crippen molar-refractivity contribution in [2.45, 2.75) is 44.7 Å². The smallest absolute Gasteiger partial charge is 0.224 e. The van der Waals surface area contributed by atoms with Crippen LogP contribution < -0.4 is 10.2 Å². The number of carbonyl (C=O) groups is 1. The number of amides is 1. The molecule has 6 rings (SSSR count). The molecule has 6 nitrogen and oxygen atoms in total. The van der Waals surface area contributed by atoms with Crippen molar-refractivity contribution in [3.8, 4) is 0 Å². The number of benzene rings is 2. The largest absolute Gasteiger partial charge is 0.369 e. The van der Waals surface area contributed by atoms with Crippen molar-refractivity contribution in [3.63, 3.8) is 0 Å². The Morgan fingerprint density at radius 3 is 2.57 bits per heavy atom. The molecule has 0 spiro atoms. The number of rotatable bonds is 6. The number of carbonyl (C=O) groups excluding carboxylic acids is 1. The van der Waals surface area contributed by atoms with Crippen LogP contribution in [0.5, 0.6) is 0 Å². The van der Waals surface area contributed by atoms with Gasteiger partial charge in [0.15, 0.2) is 0 Å². The fraction of sp³-hybridized carbons (Fsp3) is 0.516. The van der Waals surface area contributed by atoms with E-state index in [4.69, 9.17) is 0 Å². The van der Waals surface area contributed by atoms with E-state index in [1.807, 2.05) is 0 Å². The molecule has 0 radical (unpaired) electrons. The average Bonchev–Trinajstić information content (AvgIpc) is 3.30. The van der Waals surface area contributed by atoms with Gasteiger partial charge in [0.05, 0.1) is 5.92 Å². The number of piperidine rings is 1. The lowest BCUT2D eigenvalue weighted by Gasteiger charge is -2.45. The zero-order chi connectivity index (χ0) is 25.5. The molecular formula is C31H41N5O. The minimum Gasteiger partial charge on any atom is -0.369 e. The van der Waals surface area contributed by atoms with E-state index < -0.39 is 0 Å². The fourth-order valence-electron chi connectivity index (χ4n) is 7.04. The van der Waals surface area contributed by atoms with Crippen LogP contribution >= 0.6 is 0 Å². The van der Waals surface area contributed by atoms with Gasteiger partial charge in [-0.25, -0.2) is 0 Å². The Morgan fingerprint density at radius 2 is 1.81 bits per heavy atom. The molecule has 3 aromatic rings. The van der Waals surface area contributed by atoms with Crippen LogP contribution in [0.4, 0.5) is 5.69 Å². The second-order valence-electron chi connectivity index (χ2n) is 11.6. The Bertz CT molecular complexity index is 1240. The van der Waals surface area contributed by atoms with Gasteiger partial charge in [0.2, 0.25) is 5.91 Å². The monoisotopic (exact) mass is 499 g/mol.